The SMILES string of the molecule is C=CCOc1ccccc1C(=O)NNC(=O)c1ccccc1OC(C)C. The number of para-hydroxylation sites is 2. The van der Waals surface area contributed by atoms with Crippen LogP contribution >= 0.6 is 0 Å². The van der Waals surface area contributed by atoms with E-state index in [4.69, 9.17) is 9.47 Å². The summed E-state index contributed by atoms with van der Waals surface area (Å²) in [6, 6.07) is 13.6. The Labute approximate surface area is 152 Å². The van der Waals surface area contributed by atoms with Gasteiger partial charge in [-0.1, -0.05) is 36.9 Å². The highest BCUT2D eigenvalue weighted by atomic mass is 16.5. The molecule has 0 aliphatic carbocycles. The van der Waals surface area contributed by atoms with E-state index in [0.29, 0.717) is 22.6 Å². The van der Waals surface area contributed by atoms with Crippen molar-refractivity contribution in [2.75, 3.05) is 6.61 Å². The quantitative estimate of drug-likeness (QED) is 0.592. The molecule has 26 heavy (non-hydrogen) atoms. The Morgan fingerprint density at radius 1 is 0.962 bits per heavy atom. The van der Waals surface area contributed by atoms with Crippen LogP contribution in [0.15, 0.2) is 61.2 Å². The molecule has 0 spiro atoms. The molecule has 2 amide bonds. The fourth-order valence-corrected chi connectivity index (χ4v) is 2.19. The van der Waals surface area contributed by atoms with Crippen molar-refractivity contribution >= 4 is 11.8 Å². The van der Waals surface area contributed by atoms with E-state index >= 15 is 0 Å². The van der Waals surface area contributed by atoms with Gasteiger partial charge in [0.05, 0.1) is 17.2 Å². The van der Waals surface area contributed by atoms with Crippen LogP contribution in [0.1, 0.15) is 34.6 Å². The number of nitrogens with one attached hydrogen (secondary N) is 2. The summed E-state index contributed by atoms with van der Waals surface area (Å²) in [5, 5.41) is 0. The first-order valence-electron chi connectivity index (χ1n) is 8.22. The van der Waals surface area contributed by atoms with Gasteiger partial charge in [0.1, 0.15) is 18.1 Å². The van der Waals surface area contributed by atoms with Crippen LogP contribution in [-0.2, 0) is 0 Å². The predicted molar refractivity (Wildman–Crippen MR) is 99.3 cm³/mol. The molecule has 6 heteroatoms. The van der Waals surface area contributed by atoms with Gasteiger partial charge in [-0.15, -0.1) is 0 Å². The zero-order chi connectivity index (χ0) is 18.9. The Hall–Kier alpha value is -3.28. The largest absolute Gasteiger partial charge is 0.490 e. The Morgan fingerprint density at radius 3 is 2.00 bits per heavy atom. The number of hydrogen-bond donors (Lipinski definition) is 2. The molecular weight excluding hydrogens is 332 g/mol. The molecule has 2 N–H and O–H groups in total. The van der Waals surface area contributed by atoms with Gasteiger partial charge >= 0.3 is 0 Å². The fraction of sp³-hybridized carbons (Fsp3) is 0.200. The molecule has 0 aliphatic heterocycles. The summed E-state index contributed by atoms with van der Waals surface area (Å²) in [6.45, 7) is 7.60. The Bertz CT molecular complexity index is 787. The zero-order valence-corrected chi connectivity index (χ0v) is 14.8. The summed E-state index contributed by atoms with van der Waals surface area (Å²) in [6.07, 6.45) is 1.51. The molecule has 2 aromatic rings. The van der Waals surface area contributed by atoms with Gasteiger partial charge in [0.2, 0.25) is 0 Å². The second-order valence-corrected chi connectivity index (χ2v) is 5.67. The maximum Gasteiger partial charge on any atom is 0.273 e. The molecular formula is C20H22N2O4. The number of hydrazine groups is 1. The van der Waals surface area contributed by atoms with E-state index in [0.717, 1.165) is 0 Å². The summed E-state index contributed by atoms with van der Waals surface area (Å²) >= 11 is 0. The van der Waals surface area contributed by atoms with Crippen molar-refractivity contribution in [2.24, 2.45) is 0 Å². The number of carbonyl (C=O) groups excluding carboxylic acids is 2. The first-order chi connectivity index (χ1) is 12.5. The molecule has 6 nitrogen and oxygen atoms in total. The summed E-state index contributed by atoms with van der Waals surface area (Å²) < 4.78 is 11.1. The van der Waals surface area contributed by atoms with Gasteiger partial charge < -0.3 is 9.47 Å². The summed E-state index contributed by atoms with van der Waals surface area (Å²) in [5.74, 6) is -0.106. The van der Waals surface area contributed by atoms with Crippen molar-refractivity contribution in [3.63, 3.8) is 0 Å². The minimum atomic E-state index is -0.486. The fourth-order valence-electron chi connectivity index (χ4n) is 2.19. The molecule has 0 atom stereocenters. The summed E-state index contributed by atoms with van der Waals surface area (Å²) in [5.41, 5.74) is 5.43. The second-order valence-electron chi connectivity index (χ2n) is 5.67. The van der Waals surface area contributed by atoms with E-state index in [1.54, 1.807) is 54.6 Å². The van der Waals surface area contributed by atoms with Crippen molar-refractivity contribution in [3.05, 3.63) is 72.3 Å². The monoisotopic (exact) mass is 354 g/mol. The number of amides is 2. The van der Waals surface area contributed by atoms with Crippen LogP contribution in [-0.4, -0.2) is 24.5 Å². The Kier molecular flexibility index (Phi) is 6.79. The molecule has 0 fully saturated rings. The van der Waals surface area contributed by atoms with Gasteiger partial charge in [-0.3, -0.25) is 20.4 Å². The van der Waals surface area contributed by atoms with Crippen LogP contribution in [0.4, 0.5) is 0 Å². The van der Waals surface area contributed by atoms with Crippen molar-refractivity contribution in [1.29, 1.82) is 0 Å². The molecule has 136 valence electrons. The van der Waals surface area contributed by atoms with Crippen LogP contribution in [0.2, 0.25) is 0 Å². The summed E-state index contributed by atoms with van der Waals surface area (Å²) in [4.78, 5) is 24.8. The van der Waals surface area contributed by atoms with Crippen LogP contribution < -0.4 is 20.3 Å². The lowest BCUT2D eigenvalue weighted by molar-refractivity contribution is 0.0841. The number of carbonyl (C=O) groups is 2. The molecule has 0 saturated carbocycles. The number of rotatable bonds is 7. The average Bonchev–Trinajstić information content (AvgIpc) is 2.64. The standard InChI is InChI=1S/C20H22N2O4/c1-4-13-25-17-11-7-5-9-15(17)19(23)21-22-20(24)16-10-6-8-12-18(16)26-14(2)3/h4-12,14H,1,13H2,2-3H3,(H,21,23)(H,22,24). The molecule has 0 aliphatic rings. The zero-order valence-electron chi connectivity index (χ0n) is 14.8. The molecule has 0 unspecified atom stereocenters. The highest BCUT2D eigenvalue weighted by Crippen LogP contribution is 2.20. The minimum Gasteiger partial charge on any atom is -0.490 e. The lowest BCUT2D eigenvalue weighted by Gasteiger charge is -2.15. The Balaban J connectivity index is 2.06. The van der Waals surface area contributed by atoms with Gasteiger partial charge in [-0.05, 0) is 38.1 Å². The Morgan fingerprint density at radius 2 is 1.46 bits per heavy atom. The lowest BCUT2D eigenvalue weighted by Crippen LogP contribution is -2.42. The van der Waals surface area contributed by atoms with Gasteiger partial charge in [0.15, 0.2) is 0 Å². The van der Waals surface area contributed by atoms with E-state index in [2.05, 4.69) is 17.4 Å². The molecule has 2 aromatic carbocycles. The van der Waals surface area contributed by atoms with Crippen molar-refractivity contribution in [3.8, 4) is 11.5 Å². The van der Waals surface area contributed by atoms with Crippen LogP contribution in [0, 0.1) is 0 Å². The average molecular weight is 354 g/mol. The van der Waals surface area contributed by atoms with Crippen LogP contribution in [0.25, 0.3) is 0 Å². The summed E-state index contributed by atoms with van der Waals surface area (Å²) in [7, 11) is 0. The first kappa shape index (κ1) is 19.1. The van der Waals surface area contributed by atoms with Gasteiger partial charge in [-0.25, -0.2) is 0 Å². The van der Waals surface area contributed by atoms with Gasteiger partial charge in [-0.2, -0.15) is 0 Å². The third kappa shape index (κ3) is 5.11. The third-order valence-electron chi connectivity index (χ3n) is 3.27. The maximum absolute atomic E-state index is 12.4. The van der Waals surface area contributed by atoms with E-state index in [1.165, 1.54) is 0 Å². The van der Waals surface area contributed by atoms with Crippen molar-refractivity contribution < 1.29 is 19.1 Å². The van der Waals surface area contributed by atoms with Crippen molar-refractivity contribution in [2.45, 2.75) is 20.0 Å². The molecule has 0 aromatic heterocycles. The third-order valence-corrected chi connectivity index (χ3v) is 3.27. The minimum absolute atomic E-state index is 0.0765. The highest BCUT2D eigenvalue weighted by molar-refractivity contribution is 6.01. The van der Waals surface area contributed by atoms with E-state index in [1.807, 2.05) is 13.8 Å². The van der Waals surface area contributed by atoms with E-state index in [9.17, 15) is 9.59 Å². The molecule has 0 bridgehead atoms. The smallest absolute Gasteiger partial charge is 0.273 e. The van der Waals surface area contributed by atoms with Crippen LogP contribution in [0.5, 0.6) is 11.5 Å². The van der Waals surface area contributed by atoms with Crippen molar-refractivity contribution in [1.82, 2.24) is 10.9 Å². The van der Waals surface area contributed by atoms with E-state index < -0.39 is 11.8 Å². The normalized spacial score (nSPS) is 10.1. The predicted octanol–water partition coefficient (Wildman–Crippen LogP) is 3.11. The lowest BCUT2D eigenvalue weighted by atomic mass is 10.2. The topological polar surface area (TPSA) is 76.7 Å². The molecule has 2 rings (SSSR count). The van der Waals surface area contributed by atoms with Crippen LogP contribution in [0.3, 0.4) is 0 Å². The molecule has 0 heterocycles. The second kappa shape index (κ2) is 9.27. The number of benzene rings is 2. The van der Waals surface area contributed by atoms with E-state index in [-0.39, 0.29) is 12.7 Å². The van der Waals surface area contributed by atoms with Gasteiger partial charge in [0.25, 0.3) is 11.8 Å². The number of hydrogen-bond acceptors (Lipinski definition) is 4. The first-order valence-corrected chi connectivity index (χ1v) is 8.22. The molecule has 0 radical (unpaired) electrons. The molecule has 0 saturated heterocycles. The van der Waals surface area contributed by atoms with Gasteiger partial charge in [0, 0.05) is 0 Å². The number of ether oxygens (including phenoxy) is 2. The maximum atomic E-state index is 12.4. The highest BCUT2D eigenvalue weighted by Gasteiger charge is 2.16.